The number of carbonyl (C=O) groups excluding carboxylic acids is 2. The molecule has 5 heteroatoms. The number of aromatic nitrogens is 1. The lowest BCUT2D eigenvalue weighted by Gasteiger charge is -2.03. The van der Waals surface area contributed by atoms with Crippen molar-refractivity contribution in [1.29, 1.82) is 0 Å². The lowest BCUT2D eigenvalue weighted by Crippen LogP contribution is -2.17. The van der Waals surface area contributed by atoms with Crippen LogP contribution in [0, 0.1) is 5.92 Å². The Labute approximate surface area is 98.0 Å². The second-order valence-corrected chi connectivity index (χ2v) is 4.26. The molecule has 1 saturated carbocycles. The van der Waals surface area contributed by atoms with E-state index in [2.05, 4.69) is 10.3 Å². The predicted octanol–water partition coefficient (Wildman–Crippen LogP) is 2.04. The molecule has 0 atom stereocenters. The monoisotopic (exact) mass is 238 g/mol. The summed E-state index contributed by atoms with van der Waals surface area (Å²) in [6, 6.07) is 3.23. The van der Waals surface area contributed by atoms with Crippen LogP contribution in [-0.4, -0.2) is 16.7 Å². The van der Waals surface area contributed by atoms with Crippen LogP contribution in [-0.2, 0) is 9.59 Å². The first-order valence-corrected chi connectivity index (χ1v) is 5.47. The zero-order valence-corrected chi connectivity index (χ0v) is 9.33. The molecule has 0 saturated heterocycles. The fourth-order valence-electron chi connectivity index (χ4n) is 1.34. The molecule has 1 heterocycles. The Morgan fingerprint density at radius 2 is 2.19 bits per heavy atom. The minimum absolute atomic E-state index is 0.0199. The van der Waals surface area contributed by atoms with E-state index in [1.165, 1.54) is 6.20 Å². The summed E-state index contributed by atoms with van der Waals surface area (Å²) in [5.41, 5.74) is 0. The Kier molecular flexibility index (Phi) is 3.19. The number of rotatable bonds is 4. The largest absolute Gasteiger partial charge is 0.310 e. The summed E-state index contributed by atoms with van der Waals surface area (Å²) >= 11 is 5.65. The van der Waals surface area contributed by atoms with Gasteiger partial charge in [0.2, 0.25) is 5.91 Å². The van der Waals surface area contributed by atoms with Crippen molar-refractivity contribution in [2.75, 3.05) is 5.32 Å². The minimum Gasteiger partial charge on any atom is -0.310 e. The number of ketones is 1. The van der Waals surface area contributed by atoms with Crippen molar-refractivity contribution < 1.29 is 9.59 Å². The maximum Gasteiger partial charge on any atom is 0.232 e. The number of nitrogens with one attached hydrogen (secondary N) is 1. The molecule has 1 fully saturated rings. The maximum absolute atomic E-state index is 11.4. The molecular formula is C11H11ClN2O2. The molecule has 2 rings (SSSR count). The van der Waals surface area contributed by atoms with Gasteiger partial charge in [-0.2, -0.15) is 0 Å². The molecule has 0 bridgehead atoms. The first kappa shape index (κ1) is 11.1. The summed E-state index contributed by atoms with van der Waals surface area (Å²) in [5.74, 6) is 0.236. The second kappa shape index (κ2) is 4.61. The molecule has 1 amide bonds. The average molecular weight is 239 g/mol. The lowest BCUT2D eigenvalue weighted by molar-refractivity contribution is -0.126. The van der Waals surface area contributed by atoms with Gasteiger partial charge in [0, 0.05) is 12.1 Å². The number of carbonyl (C=O) groups is 2. The van der Waals surface area contributed by atoms with Gasteiger partial charge in [-0.1, -0.05) is 11.6 Å². The lowest BCUT2D eigenvalue weighted by atomic mass is 10.2. The van der Waals surface area contributed by atoms with Gasteiger partial charge in [0.1, 0.15) is 11.6 Å². The van der Waals surface area contributed by atoms with Crippen LogP contribution in [0.3, 0.4) is 0 Å². The molecule has 0 aromatic carbocycles. The summed E-state index contributed by atoms with van der Waals surface area (Å²) < 4.78 is 0. The van der Waals surface area contributed by atoms with Crippen LogP contribution in [0.25, 0.3) is 0 Å². The first-order valence-electron chi connectivity index (χ1n) is 5.09. The normalized spacial score (nSPS) is 14.6. The molecule has 84 valence electrons. The average Bonchev–Trinajstić information content (AvgIpc) is 3.04. The van der Waals surface area contributed by atoms with Gasteiger partial charge in [-0.25, -0.2) is 4.98 Å². The first-order chi connectivity index (χ1) is 7.65. The molecule has 1 N–H and O–H groups in total. The van der Waals surface area contributed by atoms with Gasteiger partial charge in [0.15, 0.2) is 0 Å². The van der Waals surface area contributed by atoms with Crippen molar-refractivity contribution in [3.63, 3.8) is 0 Å². The topological polar surface area (TPSA) is 59.1 Å². The molecule has 4 nitrogen and oxygen atoms in total. The number of halogens is 1. The van der Waals surface area contributed by atoms with Crippen molar-refractivity contribution in [3.8, 4) is 0 Å². The summed E-state index contributed by atoms with van der Waals surface area (Å²) in [6.45, 7) is 0. The van der Waals surface area contributed by atoms with Gasteiger partial charge in [0.05, 0.1) is 11.4 Å². The molecule has 1 aliphatic carbocycles. The zero-order chi connectivity index (χ0) is 11.5. The SMILES string of the molecule is O=C(CC(=O)C1CC1)Nc1ccc(Cl)cn1. The Hall–Kier alpha value is -1.42. The van der Waals surface area contributed by atoms with E-state index in [0.717, 1.165) is 12.8 Å². The number of pyridine rings is 1. The van der Waals surface area contributed by atoms with E-state index in [4.69, 9.17) is 11.6 Å². The highest BCUT2D eigenvalue weighted by Crippen LogP contribution is 2.30. The number of nitrogens with zero attached hydrogens (tertiary/aromatic N) is 1. The summed E-state index contributed by atoms with van der Waals surface area (Å²) in [4.78, 5) is 26.7. The van der Waals surface area contributed by atoms with Crippen LogP contribution in [0.2, 0.25) is 5.02 Å². The van der Waals surface area contributed by atoms with E-state index in [9.17, 15) is 9.59 Å². The Morgan fingerprint density at radius 1 is 1.44 bits per heavy atom. The van der Waals surface area contributed by atoms with Crippen molar-refractivity contribution in [1.82, 2.24) is 4.98 Å². The summed E-state index contributed by atoms with van der Waals surface area (Å²) in [5, 5.41) is 3.06. The highest BCUT2D eigenvalue weighted by atomic mass is 35.5. The van der Waals surface area contributed by atoms with Gasteiger partial charge in [-0.15, -0.1) is 0 Å². The Bertz CT molecular complexity index is 412. The van der Waals surface area contributed by atoms with E-state index in [1.54, 1.807) is 12.1 Å². The molecule has 16 heavy (non-hydrogen) atoms. The van der Waals surface area contributed by atoms with Crippen LogP contribution in [0.4, 0.5) is 5.82 Å². The fraction of sp³-hybridized carbons (Fsp3) is 0.364. The fourth-order valence-corrected chi connectivity index (χ4v) is 1.46. The number of hydrogen-bond acceptors (Lipinski definition) is 3. The van der Waals surface area contributed by atoms with Crippen LogP contribution < -0.4 is 5.32 Å². The third-order valence-corrected chi connectivity index (χ3v) is 2.59. The van der Waals surface area contributed by atoms with Gasteiger partial charge in [-0.3, -0.25) is 9.59 Å². The third kappa shape index (κ3) is 3.03. The molecule has 0 aliphatic heterocycles. The van der Waals surface area contributed by atoms with Crippen LogP contribution in [0.5, 0.6) is 0 Å². The number of hydrogen-bond donors (Lipinski definition) is 1. The van der Waals surface area contributed by atoms with Gasteiger partial charge in [0.25, 0.3) is 0 Å². The summed E-state index contributed by atoms with van der Waals surface area (Å²) in [6.07, 6.45) is 3.23. The minimum atomic E-state index is -0.313. The molecular weight excluding hydrogens is 228 g/mol. The third-order valence-electron chi connectivity index (χ3n) is 2.36. The molecule has 0 unspecified atom stereocenters. The quantitative estimate of drug-likeness (QED) is 0.817. The van der Waals surface area contributed by atoms with Gasteiger partial charge < -0.3 is 5.32 Å². The van der Waals surface area contributed by atoms with Crippen molar-refractivity contribution in [2.45, 2.75) is 19.3 Å². The number of amides is 1. The van der Waals surface area contributed by atoms with E-state index in [-0.39, 0.29) is 24.0 Å². The van der Waals surface area contributed by atoms with E-state index >= 15 is 0 Å². The standard InChI is InChI=1S/C11H11ClN2O2/c12-8-3-4-10(13-6-8)14-11(16)5-9(15)7-1-2-7/h3-4,6-7H,1-2,5H2,(H,13,14,16). The van der Waals surface area contributed by atoms with Crippen LogP contribution in [0.1, 0.15) is 19.3 Å². The molecule has 1 aromatic heterocycles. The second-order valence-electron chi connectivity index (χ2n) is 3.83. The van der Waals surface area contributed by atoms with Crippen LogP contribution >= 0.6 is 11.6 Å². The smallest absolute Gasteiger partial charge is 0.232 e. The van der Waals surface area contributed by atoms with E-state index in [1.807, 2.05) is 0 Å². The van der Waals surface area contributed by atoms with Crippen LogP contribution in [0.15, 0.2) is 18.3 Å². The van der Waals surface area contributed by atoms with Crippen molar-refractivity contribution in [3.05, 3.63) is 23.4 Å². The Balaban J connectivity index is 1.86. The molecule has 1 aliphatic rings. The highest BCUT2D eigenvalue weighted by Gasteiger charge is 2.30. The zero-order valence-electron chi connectivity index (χ0n) is 8.57. The molecule has 0 spiro atoms. The van der Waals surface area contributed by atoms with E-state index < -0.39 is 0 Å². The molecule has 0 radical (unpaired) electrons. The highest BCUT2D eigenvalue weighted by molar-refractivity contribution is 6.30. The van der Waals surface area contributed by atoms with Gasteiger partial charge >= 0.3 is 0 Å². The van der Waals surface area contributed by atoms with Crippen molar-refractivity contribution >= 4 is 29.1 Å². The number of anilines is 1. The van der Waals surface area contributed by atoms with E-state index in [0.29, 0.717) is 10.8 Å². The number of Topliss-reactive ketones (excluding diaryl/α,β-unsaturated/α-hetero) is 1. The maximum atomic E-state index is 11.4. The summed E-state index contributed by atoms with van der Waals surface area (Å²) in [7, 11) is 0. The predicted molar refractivity (Wildman–Crippen MR) is 60.2 cm³/mol. The molecule has 1 aromatic rings. The van der Waals surface area contributed by atoms with Crippen molar-refractivity contribution in [2.24, 2.45) is 5.92 Å². The van der Waals surface area contributed by atoms with Gasteiger partial charge in [-0.05, 0) is 25.0 Å². The Morgan fingerprint density at radius 3 is 2.75 bits per heavy atom.